The van der Waals surface area contributed by atoms with Gasteiger partial charge in [0.1, 0.15) is 0 Å². The van der Waals surface area contributed by atoms with Gasteiger partial charge < -0.3 is 15.8 Å². The average molecular weight is 248 g/mol. The number of hydrogen-bond donors (Lipinski definition) is 3. The molecule has 0 bridgehead atoms. The molecule has 0 aliphatic heterocycles. The maximum absolute atomic E-state index is 5.55. The van der Waals surface area contributed by atoms with Crippen molar-refractivity contribution in [2.45, 2.75) is 18.9 Å². The molecule has 0 aliphatic carbocycles. The van der Waals surface area contributed by atoms with Crippen LogP contribution in [0.2, 0.25) is 0 Å². The number of nitrogens with zero attached hydrogens (tertiary/aromatic N) is 1. The lowest BCUT2D eigenvalue weighted by Crippen LogP contribution is -2.25. The summed E-state index contributed by atoms with van der Waals surface area (Å²) in [6, 6.07) is 6.46. The first-order valence-electron chi connectivity index (χ1n) is 6.22. The van der Waals surface area contributed by atoms with E-state index in [-0.39, 0.29) is 0 Å². The number of nitrogens with two attached hydrogens (primary N) is 1. The van der Waals surface area contributed by atoms with Gasteiger partial charge in [0.25, 0.3) is 0 Å². The summed E-state index contributed by atoms with van der Waals surface area (Å²) in [6.45, 7) is 1.39. The van der Waals surface area contributed by atoms with Crippen LogP contribution in [0.3, 0.4) is 0 Å². The zero-order valence-corrected chi connectivity index (χ0v) is 10.6. The van der Waals surface area contributed by atoms with E-state index in [9.17, 15) is 0 Å². The second kappa shape index (κ2) is 6.37. The Balaban J connectivity index is 2.04. The zero-order valence-electron chi connectivity index (χ0n) is 10.6. The second-order valence-corrected chi connectivity index (χ2v) is 4.40. The summed E-state index contributed by atoms with van der Waals surface area (Å²) in [6.07, 6.45) is 3.82. The summed E-state index contributed by atoms with van der Waals surface area (Å²) < 4.78 is 5.22. The van der Waals surface area contributed by atoms with Crippen LogP contribution in [-0.4, -0.2) is 36.5 Å². The highest BCUT2D eigenvalue weighted by atomic mass is 16.5. The molecule has 1 unspecified atom stereocenters. The molecule has 0 amide bonds. The van der Waals surface area contributed by atoms with Crippen LogP contribution in [0.1, 0.15) is 12.8 Å². The van der Waals surface area contributed by atoms with Gasteiger partial charge in [0.05, 0.1) is 18.3 Å². The first kappa shape index (κ1) is 12.9. The van der Waals surface area contributed by atoms with Crippen molar-refractivity contribution >= 4 is 16.6 Å². The molecule has 0 fully saturated rings. The number of rotatable bonds is 7. The molecule has 0 saturated heterocycles. The molecule has 4 N–H and O–H groups in total. The molecular formula is C13H20N4O. The van der Waals surface area contributed by atoms with Crippen molar-refractivity contribution in [2.24, 2.45) is 5.73 Å². The normalized spacial score (nSPS) is 12.8. The van der Waals surface area contributed by atoms with Gasteiger partial charge in [0.15, 0.2) is 0 Å². The van der Waals surface area contributed by atoms with Crippen molar-refractivity contribution in [2.75, 3.05) is 25.6 Å². The van der Waals surface area contributed by atoms with Gasteiger partial charge in [-0.15, -0.1) is 0 Å². The van der Waals surface area contributed by atoms with Crippen LogP contribution in [0.4, 0.5) is 5.69 Å². The van der Waals surface area contributed by atoms with Crippen LogP contribution in [0.15, 0.2) is 24.4 Å². The van der Waals surface area contributed by atoms with Gasteiger partial charge in [0, 0.05) is 24.2 Å². The summed E-state index contributed by atoms with van der Waals surface area (Å²) in [7, 11) is 1.72. The lowest BCUT2D eigenvalue weighted by Gasteiger charge is -2.18. The van der Waals surface area contributed by atoms with Crippen LogP contribution >= 0.6 is 0 Å². The number of anilines is 1. The third-order valence-electron chi connectivity index (χ3n) is 2.94. The largest absolute Gasteiger partial charge is 0.383 e. The molecular weight excluding hydrogens is 228 g/mol. The van der Waals surface area contributed by atoms with Gasteiger partial charge in [-0.3, -0.25) is 5.10 Å². The smallest absolute Gasteiger partial charge is 0.0670 e. The molecule has 0 aliphatic rings. The van der Waals surface area contributed by atoms with Crippen molar-refractivity contribution in [3.63, 3.8) is 0 Å². The summed E-state index contributed by atoms with van der Waals surface area (Å²) in [4.78, 5) is 0. The van der Waals surface area contributed by atoms with Crippen molar-refractivity contribution in [3.8, 4) is 0 Å². The molecule has 18 heavy (non-hydrogen) atoms. The molecule has 2 aromatic rings. The Bertz CT molecular complexity index is 483. The number of H-pyrrole nitrogens is 1. The number of benzene rings is 1. The van der Waals surface area contributed by atoms with Gasteiger partial charge in [-0.25, -0.2) is 0 Å². The number of fused-ring (bicyclic) bond motifs is 1. The minimum absolute atomic E-state index is 0.291. The minimum atomic E-state index is 0.291. The second-order valence-electron chi connectivity index (χ2n) is 4.40. The number of aromatic nitrogens is 2. The molecule has 5 nitrogen and oxygen atoms in total. The van der Waals surface area contributed by atoms with Crippen LogP contribution in [0.5, 0.6) is 0 Å². The van der Waals surface area contributed by atoms with Crippen LogP contribution in [-0.2, 0) is 4.74 Å². The lowest BCUT2D eigenvalue weighted by molar-refractivity contribution is 0.182. The molecule has 1 heterocycles. The Labute approximate surface area is 107 Å². The highest BCUT2D eigenvalue weighted by molar-refractivity contribution is 5.81. The summed E-state index contributed by atoms with van der Waals surface area (Å²) in [5, 5.41) is 11.6. The Kier molecular flexibility index (Phi) is 4.55. The molecule has 5 heteroatoms. The highest BCUT2D eigenvalue weighted by Crippen LogP contribution is 2.18. The van der Waals surface area contributed by atoms with Gasteiger partial charge in [0.2, 0.25) is 0 Å². The molecule has 1 aromatic heterocycles. The van der Waals surface area contributed by atoms with Crippen molar-refractivity contribution in [3.05, 3.63) is 24.4 Å². The Hall–Kier alpha value is -1.59. The quantitative estimate of drug-likeness (QED) is 0.697. The predicted octanol–water partition coefficient (Wildman–Crippen LogP) is 1.73. The SMILES string of the molecule is COCC(CCCN)Nc1ccc2cn[nH]c2c1. The van der Waals surface area contributed by atoms with E-state index >= 15 is 0 Å². The third-order valence-corrected chi connectivity index (χ3v) is 2.94. The molecule has 2 rings (SSSR count). The fraction of sp³-hybridized carbons (Fsp3) is 0.462. The maximum Gasteiger partial charge on any atom is 0.0670 e. The molecule has 1 aromatic carbocycles. The van der Waals surface area contributed by atoms with Crippen molar-refractivity contribution < 1.29 is 4.74 Å². The van der Waals surface area contributed by atoms with Crippen molar-refractivity contribution in [1.82, 2.24) is 10.2 Å². The number of nitrogens with one attached hydrogen (secondary N) is 2. The number of ether oxygens (including phenoxy) is 1. The van der Waals surface area contributed by atoms with E-state index in [4.69, 9.17) is 10.5 Å². The lowest BCUT2D eigenvalue weighted by atomic mass is 10.1. The first-order valence-corrected chi connectivity index (χ1v) is 6.22. The van der Waals surface area contributed by atoms with E-state index in [0.717, 1.165) is 29.4 Å². The number of methoxy groups -OCH3 is 1. The summed E-state index contributed by atoms with van der Waals surface area (Å²) in [5.41, 5.74) is 7.66. The van der Waals surface area contributed by atoms with Gasteiger partial charge >= 0.3 is 0 Å². The summed E-state index contributed by atoms with van der Waals surface area (Å²) in [5.74, 6) is 0. The Morgan fingerprint density at radius 2 is 2.39 bits per heavy atom. The van der Waals surface area contributed by atoms with Gasteiger partial charge in [-0.2, -0.15) is 5.10 Å². The zero-order chi connectivity index (χ0) is 12.8. The Morgan fingerprint density at radius 1 is 1.50 bits per heavy atom. The van der Waals surface area contributed by atoms with E-state index in [0.29, 0.717) is 19.2 Å². The molecule has 0 saturated carbocycles. The topological polar surface area (TPSA) is 76.0 Å². The van der Waals surface area contributed by atoms with Crippen LogP contribution in [0, 0.1) is 0 Å². The third kappa shape index (κ3) is 3.21. The monoisotopic (exact) mass is 248 g/mol. The fourth-order valence-electron chi connectivity index (χ4n) is 2.03. The average Bonchev–Trinajstić information content (AvgIpc) is 2.83. The first-order chi connectivity index (χ1) is 8.83. The van der Waals surface area contributed by atoms with E-state index in [2.05, 4.69) is 27.6 Å². The van der Waals surface area contributed by atoms with E-state index in [1.165, 1.54) is 0 Å². The van der Waals surface area contributed by atoms with Crippen LogP contribution < -0.4 is 11.1 Å². The van der Waals surface area contributed by atoms with Gasteiger partial charge in [-0.05, 0) is 37.6 Å². The molecule has 1 atom stereocenters. The summed E-state index contributed by atoms with van der Waals surface area (Å²) >= 11 is 0. The maximum atomic E-state index is 5.55. The molecule has 98 valence electrons. The Morgan fingerprint density at radius 3 is 3.17 bits per heavy atom. The molecule has 0 radical (unpaired) electrons. The van der Waals surface area contributed by atoms with Crippen molar-refractivity contribution in [1.29, 1.82) is 0 Å². The number of aromatic amines is 1. The van der Waals surface area contributed by atoms with E-state index in [1.54, 1.807) is 7.11 Å². The van der Waals surface area contributed by atoms with Crippen LogP contribution in [0.25, 0.3) is 10.9 Å². The number of hydrogen-bond acceptors (Lipinski definition) is 4. The fourth-order valence-corrected chi connectivity index (χ4v) is 2.03. The van der Waals surface area contributed by atoms with E-state index < -0.39 is 0 Å². The molecule has 0 spiro atoms. The van der Waals surface area contributed by atoms with E-state index in [1.807, 2.05) is 12.3 Å². The van der Waals surface area contributed by atoms with Gasteiger partial charge in [-0.1, -0.05) is 0 Å². The standard InChI is InChI=1S/C13H20N4O/c1-18-9-12(3-2-6-14)16-11-5-4-10-8-15-17-13(10)7-11/h4-5,7-8,12,16H,2-3,6,9,14H2,1H3,(H,15,17). The highest BCUT2D eigenvalue weighted by Gasteiger charge is 2.08. The minimum Gasteiger partial charge on any atom is -0.383 e. The predicted molar refractivity (Wildman–Crippen MR) is 73.7 cm³/mol.